The molecule has 1 heterocycles. The molecule has 1 fully saturated rings. The molecule has 2 rings (SSSR count). The van der Waals surface area contributed by atoms with E-state index in [1.54, 1.807) is 0 Å². The van der Waals surface area contributed by atoms with Crippen LogP contribution in [0.25, 0.3) is 0 Å². The molecule has 1 N–H and O–H groups in total. The van der Waals surface area contributed by atoms with Gasteiger partial charge in [0.05, 0.1) is 6.61 Å². The van der Waals surface area contributed by atoms with E-state index in [-0.39, 0.29) is 0 Å². The van der Waals surface area contributed by atoms with E-state index in [0.717, 1.165) is 48.2 Å². The lowest BCUT2D eigenvalue weighted by atomic mass is 10.0. The van der Waals surface area contributed by atoms with Gasteiger partial charge in [0.25, 0.3) is 0 Å². The minimum atomic E-state index is 0.404. The molecule has 1 aromatic rings. The molecule has 1 aliphatic rings. The minimum Gasteiger partial charge on any atom is -0.492 e. The summed E-state index contributed by atoms with van der Waals surface area (Å²) >= 11 is 6.27. The van der Waals surface area contributed by atoms with Crippen LogP contribution in [0, 0.1) is 12.8 Å². The van der Waals surface area contributed by atoms with E-state index in [0.29, 0.717) is 18.4 Å². The van der Waals surface area contributed by atoms with E-state index in [1.807, 2.05) is 13.0 Å². The standard InChI is InChI=1S/C17H26ClNO2/c1-12(2)15-9-17(13(3)8-16(15)18)21-7-5-19-10-14-4-6-20-11-14/h8-9,12,14,19H,4-7,10-11H2,1-3H3. The van der Waals surface area contributed by atoms with Gasteiger partial charge in [-0.25, -0.2) is 0 Å². The van der Waals surface area contributed by atoms with Gasteiger partial charge in [0, 0.05) is 24.7 Å². The van der Waals surface area contributed by atoms with Crippen molar-refractivity contribution in [2.24, 2.45) is 5.92 Å². The molecule has 1 aliphatic heterocycles. The molecule has 4 heteroatoms. The molecule has 0 spiro atoms. The highest BCUT2D eigenvalue weighted by Crippen LogP contribution is 2.31. The first-order valence-electron chi connectivity index (χ1n) is 7.79. The van der Waals surface area contributed by atoms with Gasteiger partial charge in [0.15, 0.2) is 0 Å². The summed E-state index contributed by atoms with van der Waals surface area (Å²) < 4.78 is 11.3. The van der Waals surface area contributed by atoms with Crippen LogP contribution in [0.5, 0.6) is 5.75 Å². The van der Waals surface area contributed by atoms with Gasteiger partial charge in [-0.1, -0.05) is 25.4 Å². The van der Waals surface area contributed by atoms with Gasteiger partial charge in [-0.2, -0.15) is 0 Å². The van der Waals surface area contributed by atoms with Gasteiger partial charge in [0.2, 0.25) is 0 Å². The topological polar surface area (TPSA) is 30.5 Å². The van der Waals surface area contributed by atoms with Crippen molar-refractivity contribution in [1.82, 2.24) is 5.32 Å². The molecule has 0 amide bonds. The molecule has 0 bridgehead atoms. The first-order chi connectivity index (χ1) is 10.1. The Balaban J connectivity index is 1.78. The predicted octanol–water partition coefficient (Wildman–Crippen LogP) is 3.78. The fraction of sp³-hybridized carbons (Fsp3) is 0.647. The highest BCUT2D eigenvalue weighted by Gasteiger charge is 2.14. The van der Waals surface area contributed by atoms with Crippen molar-refractivity contribution in [3.63, 3.8) is 0 Å². The zero-order valence-corrected chi connectivity index (χ0v) is 14.0. The Morgan fingerprint density at radius 3 is 2.90 bits per heavy atom. The van der Waals surface area contributed by atoms with Crippen LogP contribution in [0.2, 0.25) is 5.02 Å². The lowest BCUT2D eigenvalue weighted by Crippen LogP contribution is -2.27. The molecule has 21 heavy (non-hydrogen) atoms. The summed E-state index contributed by atoms with van der Waals surface area (Å²) in [6.45, 7) is 10.7. The monoisotopic (exact) mass is 311 g/mol. The number of ether oxygens (including phenoxy) is 2. The summed E-state index contributed by atoms with van der Waals surface area (Å²) in [6.07, 6.45) is 1.17. The SMILES string of the molecule is Cc1cc(Cl)c(C(C)C)cc1OCCNCC1CCOC1. The maximum Gasteiger partial charge on any atom is 0.122 e. The number of aryl methyl sites for hydroxylation is 1. The molecule has 3 nitrogen and oxygen atoms in total. The molecule has 1 aromatic carbocycles. The summed E-state index contributed by atoms with van der Waals surface area (Å²) in [5.74, 6) is 2.00. The van der Waals surface area contributed by atoms with Crippen molar-refractivity contribution in [2.45, 2.75) is 33.1 Å². The first kappa shape index (κ1) is 16.6. The number of halogens is 1. The summed E-state index contributed by atoms with van der Waals surface area (Å²) in [4.78, 5) is 0. The Hall–Kier alpha value is -0.770. The maximum absolute atomic E-state index is 6.27. The fourth-order valence-electron chi connectivity index (χ4n) is 2.55. The van der Waals surface area contributed by atoms with Crippen molar-refractivity contribution in [3.8, 4) is 5.75 Å². The number of rotatable bonds is 7. The second-order valence-electron chi connectivity index (χ2n) is 6.08. The minimum absolute atomic E-state index is 0.404. The average Bonchev–Trinajstić information content (AvgIpc) is 2.93. The van der Waals surface area contributed by atoms with Crippen molar-refractivity contribution in [2.75, 3.05) is 32.9 Å². The Morgan fingerprint density at radius 1 is 1.43 bits per heavy atom. The molecular weight excluding hydrogens is 286 g/mol. The van der Waals surface area contributed by atoms with E-state index in [1.165, 1.54) is 6.42 Å². The summed E-state index contributed by atoms with van der Waals surface area (Å²) in [6, 6.07) is 4.07. The van der Waals surface area contributed by atoms with Gasteiger partial charge in [0.1, 0.15) is 12.4 Å². The third kappa shape index (κ3) is 4.87. The highest BCUT2D eigenvalue weighted by atomic mass is 35.5. The van der Waals surface area contributed by atoms with Crippen LogP contribution in [-0.4, -0.2) is 32.9 Å². The zero-order chi connectivity index (χ0) is 15.2. The number of benzene rings is 1. The predicted molar refractivity (Wildman–Crippen MR) is 87.6 cm³/mol. The number of nitrogens with one attached hydrogen (secondary N) is 1. The van der Waals surface area contributed by atoms with Crippen LogP contribution in [0.15, 0.2) is 12.1 Å². The van der Waals surface area contributed by atoms with Gasteiger partial charge >= 0.3 is 0 Å². The fourth-order valence-corrected chi connectivity index (χ4v) is 2.99. The van der Waals surface area contributed by atoms with Gasteiger partial charge in [-0.05, 0) is 48.4 Å². The molecule has 1 atom stereocenters. The van der Waals surface area contributed by atoms with Crippen LogP contribution in [0.3, 0.4) is 0 Å². The number of hydrogen-bond acceptors (Lipinski definition) is 3. The van der Waals surface area contributed by atoms with E-state index in [2.05, 4.69) is 25.2 Å². The van der Waals surface area contributed by atoms with Gasteiger partial charge < -0.3 is 14.8 Å². The third-order valence-electron chi connectivity index (χ3n) is 3.91. The normalized spacial score (nSPS) is 18.4. The number of hydrogen-bond donors (Lipinski definition) is 1. The van der Waals surface area contributed by atoms with E-state index in [9.17, 15) is 0 Å². The van der Waals surface area contributed by atoms with E-state index >= 15 is 0 Å². The summed E-state index contributed by atoms with van der Waals surface area (Å²) in [5.41, 5.74) is 2.24. The molecule has 118 valence electrons. The molecule has 0 aliphatic carbocycles. The molecule has 1 saturated heterocycles. The van der Waals surface area contributed by atoms with Crippen LogP contribution in [-0.2, 0) is 4.74 Å². The van der Waals surface area contributed by atoms with Crippen molar-refractivity contribution in [3.05, 3.63) is 28.3 Å². The lowest BCUT2D eigenvalue weighted by Gasteiger charge is -2.15. The van der Waals surface area contributed by atoms with Crippen LogP contribution in [0.1, 0.15) is 37.3 Å². The average molecular weight is 312 g/mol. The Labute approximate surface area is 133 Å². The van der Waals surface area contributed by atoms with Crippen molar-refractivity contribution >= 4 is 11.6 Å². The lowest BCUT2D eigenvalue weighted by molar-refractivity contribution is 0.185. The Kier molecular flexibility index (Phi) is 6.34. The largest absolute Gasteiger partial charge is 0.492 e. The summed E-state index contributed by atoms with van der Waals surface area (Å²) in [7, 11) is 0. The summed E-state index contributed by atoms with van der Waals surface area (Å²) in [5, 5.41) is 4.26. The molecule has 0 radical (unpaired) electrons. The van der Waals surface area contributed by atoms with E-state index in [4.69, 9.17) is 21.1 Å². The Bertz CT molecular complexity index is 456. The maximum atomic E-state index is 6.27. The quantitative estimate of drug-likeness (QED) is 0.777. The first-order valence-corrected chi connectivity index (χ1v) is 8.17. The second-order valence-corrected chi connectivity index (χ2v) is 6.48. The molecule has 1 unspecified atom stereocenters. The van der Waals surface area contributed by atoms with Crippen LogP contribution >= 0.6 is 11.6 Å². The molecule has 0 saturated carbocycles. The zero-order valence-electron chi connectivity index (χ0n) is 13.2. The smallest absolute Gasteiger partial charge is 0.122 e. The highest BCUT2D eigenvalue weighted by molar-refractivity contribution is 6.31. The molecule has 0 aromatic heterocycles. The van der Waals surface area contributed by atoms with Crippen LogP contribution in [0.4, 0.5) is 0 Å². The van der Waals surface area contributed by atoms with Crippen molar-refractivity contribution < 1.29 is 9.47 Å². The van der Waals surface area contributed by atoms with Crippen molar-refractivity contribution in [1.29, 1.82) is 0 Å². The molecular formula is C17H26ClNO2. The van der Waals surface area contributed by atoms with Crippen LogP contribution < -0.4 is 10.1 Å². The van der Waals surface area contributed by atoms with Gasteiger partial charge in [-0.3, -0.25) is 0 Å². The Morgan fingerprint density at radius 2 is 2.24 bits per heavy atom. The van der Waals surface area contributed by atoms with Gasteiger partial charge in [-0.15, -0.1) is 0 Å². The third-order valence-corrected chi connectivity index (χ3v) is 4.24. The second kappa shape index (κ2) is 8.02. The van der Waals surface area contributed by atoms with E-state index < -0.39 is 0 Å².